The van der Waals surface area contributed by atoms with Gasteiger partial charge in [-0.05, 0) is 48.2 Å². The molecule has 0 fully saturated rings. The van der Waals surface area contributed by atoms with E-state index in [0.717, 1.165) is 10.9 Å². The van der Waals surface area contributed by atoms with E-state index in [1.807, 2.05) is 30.5 Å². The van der Waals surface area contributed by atoms with Crippen molar-refractivity contribution in [1.29, 1.82) is 0 Å². The molecule has 2 aromatic heterocycles. The van der Waals surface area contributed by atoms with Crippen LogP contribution in [0, 0.1) is 6.92 Å². The lowest BCUT2D eigenvalue weighted by atomic mass is 10.0. The van der Waals surface area contributed by atoms with Crippen LogP contribution >= 0.6 is 0 Å². The van der Waals surface area contributed by atoms with E-state index in [1.165, 1.54) is 12.1 Å². The highest BCUT2D eigenvalue weighted by molar-refractivity contribution is 5.95. The standard InChI is InChI=1S/C20H16N2O4/c1-11-15-5-4-14(23)9-18(15)26-20(25)16(11)10-19(24)22-13-3-2-12-6-7-21-17(12)8-13/h2-9,21,23H,10H2,1H3,(H,22,24). The first kappa shape index (κ1) is 16.0. The maximum atomic E-state index is 12.4. The van der Waals surface area contributed by atoms with Crippen molar-refractivity contribution in [3.63, 3.8) is 0 Å². The molecule has 4 aromatic rings. The van der Waals surface area contributed by atoms with Gasteiger partial charge in [-0.1, -0.05) is 6.07 Å². The van der Waals surface area contributed by atoms with E-state index in [0.29, 0.717) is 27.8 Å². The summed E-state index contributed by atoms with van der Waals surface area (Å²) in [5, 5.41) is 14.1. The number of benzene rings is 2. The number of phenols is 1. The first-order valence-electron chi connectivity index (χ1n) is 8.13. The lowest BCUT2D eigenvalue weighted by Gasteiger charge is -2.09. The molecule has 1 amide bonds. The van der Waals surface area contributed by atoms with Crippen molar-refractivity contribution in [3.8, 4) is 5.75 Å². The van der Waals surface area contributed by atoms with Crippen molar-refractivity contribution < 1.29 is 14.3 Å². The first-order chi connectivity index (χ1) is 12.5. The van der Waals surface area contributed by atoms with Gasteiger partial charge >= 0.3 is 5.63 Å². The van der Waals surface area contributed by atoms with Crippen LogP contribution in [0.3, 0.4) is 0 Å². The number of hydrogen-bond donors (Lipinski definition) is 3. The molecule has 0 aliphatic heterocycles. The molecule has 26 heavy (non-hydrogen) atoms. The minimum absolute atomic E-state index is 0.0188. The molecule has 0 saturated heterocycles. The number of fused-ring (bicyclic) bond motifs is 2. The number of aromatic amines is 1. The number of aromatic nitrogens is 1. The number of aryl methyl sites for hydroxylation is 1. The zero-order valence-corrected chi connectivity index (χ0v) is 14.0. The molecular formula is C20H16N2O4. The monoisotopic (exact) mass is 348 g/mol. The summed E-state index contributed by atoms with van der Waals surface area (Å²) < 4.78 is 5.25. The van der Waals surface area contributed by atoms with Crippen molar-refractivity contribution in [2.45, 2.75) is 13.3 Å². The Bertz CT molecular complexity index is 1200. The maximum Gasteiger partial charge on any atom is 0.340 e. The number of phenolic OH excluding ortho intramolecular Hbond substituents is 1. The van der Waals surface area contributed by atoms with Crippen molar-refractivity contribution in [2.75, 3.05) is 5.32 Å². The molecule has 0 aliphatic rings. The Kier molecular flexibility index (Phi) is 3.73. The Balaban J connectivity index is 1.62. The molecule has 0 aliphatic carbocycles. The van der Waals surface area contributed by atoms with Gasteiger partial charge in [0.15, 0.2) is 0 Å². The lowest BCUT2D eigenvalue weighted by molar-refractivity contribution is -0.115. The molecule has 4 rings (SSSR count). The third kappa shape index (κ3) is 2.82. The normalized spacial score (nSPS) is 11.1. The van der Waals surface area contributed by atoms with Gasteiger partial charge in [-0.25, -0.2) is 4.79 Å². The molecule has 0 spiro atoms. The van der Waals surface area contributed by atoms with Crippen LogP contribution in [-0.2, 0) is 11.2 Å². The van der Waals surface area contributed by atoms with Crippen molar-refractivity contribution in [2.24, 2.45) is 0 Å². The van der Waals surface area contributed by atoms with Gasteiger partial charge in [0.1, 0.15) is 11.3 Å². The van der Waals surface area contributed by atoms with E-state index in [4.69, 9.17) is 4.42 Å². The average Bonchev–Trinajstić information content (AvgIpc) is 3.06. The fraction of sp³-hybridized carbons (Fsp3) is 0.100. The van der Waals surface area contributed by atoms with Crippen LogP contribution in [0.2, 0.25) is 0 Å². The second-order valence-corrected chi connectivity index (χ2v) is 6.18. The predicted molar refractivity (Wildman–Crippen MR) is 99.5 cm³/mol. The molecule has 130 valence electrons. The van der Waals surface area contributed by atoms with Crippen molar-refractivity contribution in [1.82, 2.24) is 4.98 Å². The Morgan fingerprint density at radius 1 is 1.19 bits per heavy atom. The van der Waals surface area contributed by atoms with Gasteiger partial charge in [0.25, 0.3) is 0 Å². The topological polar surface area (TPSA) is 95.3 Å². The molecule has 2 aromatic carbocycles. The Morgan fingerprint density at radius 3 is 2.88 bits per heavy atom. The van der Waals surface area contributed by atoms with Gasteiger partial charge in [-0.15, -0.1) is 0 Å². The van der Waals surface area contributed by atoms with Crippen LogP contribution < -0.4 is 10.9 Å². The number of aromatic hydroxyl groups is 1. The summed E-state index contributed by atoms with van der Waals surface area (Å²) >= 11 is 0. The lowest BCUT2D eigenvalue weighted by Crippen LogP contribution is -2.20. The molecule has 2 heterocycles. The van der Waals surface area contributed by atoms with Crippen molar-refractivity contribution in [3.05, 3.63) is 70.2 Å². The second-order valence-electron chi connectivity index (χ2n) is 6.18. The molecule has 0 atom stereocenters. The Labute approximate surface area is 148 Å². The quantitative estimate of drug-likeness (QED) is 0.494. The summed E-state index contributed by atoms with van der Waals surface area (Å²) in [5.74, 6) is -0.283. The fourth-order valence-electron chi connectivity index (χ4n) is 3.08. The highest BCUT2D eigenvalue weighted by Gasteiger charge is 2.15. The summed E-state index contributed by atoms with van der Waals surface area (Å²) in [7, 11) is 0. The third-order valence-electron chi connectivity index (χ3n) is 4.45. The van der Waals surface area contributed by atoms with E-state index < -0.39 is 5.63 Å². The van der Waals surface area contributed by atoms with Crippen molar-refractivity contribution >= 4 is 33.5 Å². The van der Waals surface area contributed by atoms with Crippen LogP contribution in [0.5, 0.6) is 5.75 Å². The number of hydrogen-bond acceptors (Lipinski definition) is 4. The summed E-state index contributed by atoms with van der Waals surface area (Å²) in [4.78, 5) is 27.8. The van der Waals surface area contributed by atoms with Crippen LogP contribution in [0.25, 0.3) is 21.9 Å². The van der Waals surface area contributed by atoms with Crippen LogP contribution in [0.15, 0.2) is 57.9 Å². The minimum Gasteiger partial charge on any atom is -0.508 e. The summed E-state index contributed by atoms with van der Waals surface area (Å²) in [6.07, 6.45) is 1.74. The number of amides is 1. The number of anilines is 1. The summed E-state index contributed by atoms with van der Waals surface area (Å²) in [6.45, 7) is 1.77. The van der Waals surface area contributed by atoms with Crippen LogP contribution in [-0.4, -0.2) is 16.0 Å². The largest absolute Gasteiger partial charge is 0.508 e. The summed E-state index contributed by atoms with van der Waals surface area (Å²) in [5.41, 5.74) is 2.28. The molecule has 0 unspecified atom stereocenters. The number of H-pyrrole nitrogens is 1. The van der Waals surface area contributed by atoms with Gasteiger partial charge < -0.3 is 19.8 Å². The Hall–Kier alpha value is -3.54. The molecule has 6 nitrogen and oxygen atoms in total. The van der Waals surface area contributed by atoms with Gasteiger partial charge in [0.05, 0.1) is 12.0 Å². The third-order valence-corrected chi connectivity index (χ3v) is 4.45. The number of nitrogens with one attached hydrogen (secondary N) is 2. The first-order valence-corrected chi connectivity index (χ1v) is 8.13. The number of carbonyl (C=O) groups excluding carboxylic acids is 1. The fourth-order valence-corrected chi connectivity index (χ4v) is 3.08. The Morgan fingerprint density at radius 2 is 2.04 bits per heavy atom. The van der Waals surface area contributed by atoms with Crippen LogP contribution in [0.1, 0.15) is 11.1 Å². The predicted octanol–water partition coefficient (Wildman–Crippen LogP) is 3.47. The molecule has 6 heteroatoms. The SMILES string of the molecule is Cc1c(CC(=O)Nc2ccc3cc[nH]c3c2)c(=O)oc2cc(O)ccc12. The van der Waals surface area contributed by atoms with E-state index in [1.54, 1.807) is 13.0 Å². The number of rotatable bonds is 3. The zero-order chi connectivity index (χ0) is 18.3. The number of carbonyl (C=O) groups is 1. The van der Waals surface area contributed by atoms with Gasteiger partial charge in [0, 0.05) is 28.9 Å². The second kappa shape index (κ2) is 6.07. The highest BCUT2D eigenvalue weighted by atomic mass is 16.4. The average molecular weight is 348 g/mol. The van der Waals surface area contributed by atoms with Gasteiger partial charge in [-0.3, -0.25) is 4.79 Å². The molecule has 0 bridgehead atoms. The minimum atomic E-state index is -0.574. The molecular weight excluding hydrogens is 332 g/mol. The maximum absolute atomic E-state index is 12.4. The highest BCUT2D eigenvalue weighted by Crippen LogP contribution is 2.24. The molecule has 0 saturated carbocycles. The van der Waals surface area contributed by atoms with E-state index >= 15 is 0 Å². The van der Waals surface area contributed by atoms with E-state index in [9.17, 15) is 14.7 Å². The van der Waals surface area contributed by atoms with Gasteiger partial charge in [-0.2, -0.15) is 0 Å². The molecule has 0 radical (unpaired) electrons. The zero-order valence-electron chi connectivity index (χ0n) is 14.0. The summed E-state index contributed by atoms with van der Waals surface area (Å²) in [6, 6.07) is 12.1. The smallest absolute Gasteiger partial charge is 0.340 e. The van der Waals surface area contributed by atoms with E-state index in [-0.39, 0.29) is 18.1 Å². The van der Waals surface area contributed by atoms with E-state index in [2.05, 4.69) is 10.3 Å². The van der Waals surface area contributed by atoms with Gasteiger partial charge in [0.2, 0.25) is 5.91 Å². The molecule has 3 N–H and O–H groups in total. The van der Waals surface area contributed by atoms with Crippen LogP contribution in [0.4, 0.5) is 5.69 Å².